The third-order valence-electron chi connectivity index (χ3n) is 5.69. The molecule has 5 heteroatoms. The third-order valence-corrected chi connectivity index (χ3v) is 5.69. The van der Waals surface area contributed by atoms with E-state index in [0.29, 0.717) is 13.1 Å². The van der Waals surface area contributed by atoms with Gasteiger partial charge < -0.3 is 15.1 Å². The molecule has 2 aromatic carbocycles. The Hall–Kier alpha value is -2.82. The van der Waals surface area contributed by atoms with Gasteiger partial charge in [-0.3, -0.25) is 9.59 Å². The molecule has 1 N–H and O–H groups in total. The molecule has 0 saturated carbocycles. The maximum Gasteiger partial charge on any atom is 0.227 e. The maximum atomic E-state index is 12.5. The molecule has 2 aliphatic rings. The number of anilines is 2. The summed E-state index contributed by atoms with van der Waals surface area (Å²) in [6, 6.07) is 18.0. The summed E-state index contributed by atoms with van der Waals surface area (Å²) in [6.45, 7) is 3.15. The van der Waals surface area contributed by atoms with Crippen LogP contribution in [0, 0.1) is 5.92 Å². The summed E-state index contributed by atoms with van der Waals surface area (Å²) in [6.07, 6.45) is 4.07. The fourth-order valence-electron chi connectivity index (χ4n) is 4.06. The van der Waals surface area contributed by atoms with Crippen LogP contribution in [0.3, 0.4) is 0 Å². The molecule has 4 rings (SSSR count). The molecular formula is C23H27N3O2. The van der Waals surface area contributed by atoms with Crippen LogP contribution in [0.5, 0.6) is 0 Å². The fourth-order valence-corrected chi connectivity index (χ4v) is 4.06. The average Bonchev–Trinajstić information content (AvgIpc) is 3.15. The average molecular weight is 377 g/mol. The van der Waals surface area contributed by atoms with Gasteiger partial charge in [-0.2, -0.15) is 0 Å². The Labute approximate surface area is 166 Å². The van der Waals surface area contributed by atoms with Crippen molar-refractivity contribution < 1.29 is 9.59 Å². The van der Waals surface area contributed by atoms with Gasteiger partial charge in [-0.15, -0.1) is 0 Å². The highest BCUT2D eigenvalue weighted by atomic mass is 16.2. The summed E-state index contributed by atoms with van der Waals surface area (Å²) in [4.78, 5) is 29.1. The van der Waals surface area contributed by atoms with Crippen molar-refractivity contribution >= 4 is 23.2 Å². The number of carbonyl (C=O) groups excluding carboxylic acids is 2. The number of nitrogens with zero attached hydrogens (tertiary/aromatic N) is 2. The predicted molar refractivity (Wildman–Crippen MR) is 111 cm³/mol. The predicted octanol–water partition coefficient (Wildman–Crippen LogP) is 3.35. The minimum atomic E-state index is -0.294. The van der Waals surface area contributed by atoms with Crippen LogP contribution in [0.25, 0.3) is 0 Å². The van der Waals surface area contributed by atoms with E-state index in [4.69, 9.17) is 0 Å². The van der Waals surface area contributed by atoms with E-state index in [1.54, 1.807) is 4.90 Å². The van der Waals surface area contributed by atoms with Crippen LogP contribution in [0.2, 0.25) is 0 Å². The van der Waals surface area contributed by atoms with Crippen LogP contribution in [0.15, 0.2) is 54.6 Å². The van der Waals surface area contributed by atoms with E-state index in [2.05, 4.69) is 22.3 Å². The number of nitrogens with one attached hydrogen (secondary N) is 1. The summed E-state index contributed by atoms with van der Waals surface area (Å²) in [5, 5.41) is 2.96. The first-order chi connectivity index (χ1) is 13.7. The zero-order valence-electron chi connectivity index (χ0n) is 16.1. The number of carbonyl (C=O) groups is 2. The summed E-state index contributed by atoms with van der Waals surface area (Å²) in [5.74, 6) is -0.326. The van der Waals surface area contributed by atoms with E-state index in [0.717, 1.165) is 24.3 Å². The molecule has 1 unspecified atom stereocenters. The molecule has 0 aliphatic carbocycles. The molecule has 1 atom stereocenters. The second-order valence-electron chi connectivity index (χ2n) is 7.67. The van der Waals surface area contributed by atoms with Crippen molar-refractivity contribution in [3.63, 3.8) is 0 Å². The van der Waals surface area contributed by atoms with Gasteiger partial charge in [0.1, 0.15) is 0 Å². The number of hydrogen-bond acceptors (Lipinski definition) is 3. The zero-order chi connectivity index (χ0) is 19.3. The van der Waals surface area contributed by atoms with Crippen molar-refractivity contribution in [3.05, 3.63) is 60.2 Å². The Morgan fingerprint density at radius 3 is 2.32 bits per heavy atom. The summed E-state index contributed by atoms with van der Waals surface area (Å²) >= 11 is 0. The molecule has 2 heterocycles. The van der Waals surface area contributed by atoms with E-state index in [9.17, 15) is 9.59 Å². The normalized spacial score (nSPS) is 19.7. The fraction of sp³-hybridized carbons (Fsp3) is 0.391. The molecule has 5 nitrogen and oxygen atoms in total. The smallest absolute Gasteiger partial charge is 0.227 e. The van der Waals surface area contributed by atoms with Gasteiger partial charge in [0.25, 0.3) is 0 Å². The maximum absolute atomic E-state index is 12.5. The first-order valence-electron chi connectivity index (χ1n) is 10.2. The molecular weight excluding hydrogens is 350 g/mol. The Bertz CT molecular complexity index is 814. The van der Waals surface area contributed by atoms with E-state index in [-0.39, 0.29) is 24.2 Å². The highest BCUT2D eigenvalue weighted by molar-refractivity contribution is 6.00. The molecule has 0 bridgehead atoms. The van der Waals surface area contributed by atoms with Gasteiger partial charge in [0.2, 0.25) is 11.8 Å². The summed E-state index contributed by atoms with van der Waals surface area (Å²) < 4.78 is 0. The van der Waals surface area contributed by atoms with E-state index in [1.165, 1.54) is 24.9 Å². The van der Waals surface area contributed by atoms with Crippen LogP contribution >= 0.6 is 0 Å². The van der Waals surface area contributed by atoms with Crippen LogP contribution in [-0.4, -0.2) is 31.4 Å². The second-order valence-corrected chi connectivity index (χ2v) is 7.67. The Balaban J connectivity index is 1.35. The number of amides is 2. The van der Waals surface area contributed by atoms with Gasteiger partial charge in [0, 0.05) is 44.0 Å². The Morgan fingerprint density at radius 2 is 1.61 bits per heavy atom. The highest BCUT2D eigenvalue weighted by Gasteiger charge is 2.35. The van der Waals surface area contributed by atoms with Crippen molar-refractivity contribution in [1.29, 1.82) is 0 Å². The molecule has 0 spiro atoms. The molecule has 0 aromatic heterocycles. The van der Waals surface area contributed by atoms with Crippen molar-refractivity contribution in [3.8, 4) is 0 Å². The first kappa shape index (κ1) is 18.5. The van der Waals surface area contributed by atoms with Crippen LogP contribution < -0.4 is 15.1 Å². The van der Waals surface area contributed by atoms with Gasteiger partial charge in [-0.05, 0) is 49.1 Å². The van der Waals surface area contributed by atoms with Crippen molar-refractivity contribution in [2.24, 2.45) is 5.92 Å². The van der Waals surface area contributed by atoms with Crippen LogP contribution in [0.1, 0.15) is 31.2 Å². The molecule has 2 amide bonds. The molecule has 146 valence electrons. The second kappa shape index (κ2) is 8.46. The standard InChI is InChI=1S/C23H27N3O2/c27-22-15-19(23(28)24-16-18-7-3-1-4-8-18)17-26(22)21-11-9-20(10-12-21)25-13-5-2-6-14-25/h1,3-4,7-12,19H,2,5-6,13-17H2,(H,24,28). The lowest BCUT2D eigenvalue weighted by Gasteiger charge is -2.29. The van der Waals surface area contributed by atoms with Crippen molar-refractivity contribution in [2.75, 3.05) is 29.4 Å². The van der Waals surface area contributed by atoms with E-state index < -0.39 is 0 Å². The molecule has 2 aliphatic heterocycles. The lowest BCUT2D eigenvalue weighted by Crippen LogP contribution is -2.32. The van der Waals surface area contributed by atoms with Crippen LogP contribution in [0.4, 0.5) is 11.4 Å². The number of benzene rings is 2. The molecule has 2 saturated heterocycles. The quantitative estimate of drug-likeness (QED) is 0.869. The van der Waals surface area contributed by atoms with Gasteiger partial charge in [-0.25, -0.2) is 0 Å². The molecule has 2 fully saturated rings. The molecule has 2 aromatic rings. The Morgan fingerprint density at radius 1 is 0.929 bits per heavy atom. The summed E-state index contributed by atoms with van der Waals surface area (Å²) in [7, 11) is 0. The van der Waals surface area contributed by atoms with Crippen LogP contribution in [-0.2, 0) is 16.1 Å². The van der Waals surface area contributed by atoms with Gasteiger partial charge in [0.05, 0.1) is 5.92 Å². The topological polar surface area (TPSA) is 52.7 Å². The minimum Gasteiger partial charge on any atom is -0.372 e. The minimum absolute atomic E-state index is 0.0191. The molecule has 0 radical (unpaired) electrons. The van der Waals surface area contributed by atoms with Gasteiger partial charge in [-0.1, -0.05) is 30.3 Å². The lowest BCUT2D eigenvalue weighted by atomic mass is 10.1. The number of hydrogen-bond donors (Lipinski definition) is 1. The number of piperidine rings is 1. The Kier molecular flexibility index (Phi) is 5.60. The van der Waals surface area contributed by atoms with Gasteiger partial charge in [0.15, 0.2) is 0 Å². The van der Waals surface area contributed by atoms with Crippen molar-refractivity contribution in [1.82, 2.24) is 5.32 Å². The molecule has 28 heavy (non-hydrogen) atoms. The largest absolute Gasteiger partial charge is 0.372 e. The van der Waals surface area contributed by atoms with E-state index in [1.807, 2.05) is 42.5 Å². The first-order valence-corrected chi connectivity index (χ1v) is 10.2. The number of rotatable bonds is 5. The zero-order valence-corrected chi connectivity index (χ0v) is 16.1. The van der Waals surface area contributed by atoms with E-state index >= 15 is 0 Å². The summed E-state index contributed by atoms with van der Waals surface area (Å²) in [5.41, 5.74) is 3.15. The highest BCUT2D eigenvalue weighted by Crippen LogP contribution is 2.28. The lowest BCUT2D eigenvalue weighted by molar-refractivity contribution is -0.126. The van der Waals surface area contributed by atoms with Gasteiger partial charge >= 0.3 is 0 Å². The third kappa shape index (κ3) is 4.19. The van der Waals surface area contributed by atoms with Crippen molar-refractivity contribution in [2.45, 2.75) is 32.2 Å². The SMILES string of the molecule is O=C(NCc1ccccc1)C1CC(=O)N(c2ccc(N3CCCCC3)cc2)C1. The monoisotopic (exact) mass is 377 g/mol.